The molecule has 0 N–H and O–H groups in total. The molecule has 0 bridgehead atoms. The summed E-state index contributed by atoms with van der Waals surface area (Å²) in [5.41, 5.74) is 16.8. The van der Waals surface area contributed by atoms with Crippen molar-refractivity contribution < 1.29 is 20.1 Å². The van der Waals surface area contributed by atoms with Crippen molar-refractivity contribution in [2.24, 2.45) is 0 Å². The third-order valence-electron chi connectivity index (χ3n) is 10.5. The summed E-state index contributed by atoms with van der Waals surface area (Å²) in [6.07, 6.45) is 5.52. The van der Waals surface area contributed by atoms with E-state index in [2.05, 4.69) is 145 Å². The maximum Gasteiger partial charge on any atom is 0.0714 e. The van der Waals surface area contributed by atoms with E-state index in [1.165, 1.54) is 66.2 Å². The molecule has 0 amide bonds. The van der Waals surface area contributed by atoms with Gasteiger partial charge in [-0.05, 0) is 99.4 Å². The fourth-order valence-electron chi connectivity index (χ4n) is 7.63. The van der Waals surface area contributed by atoms with Gasteiger partial charge in [-0.25, -0.2) is 0 Å². The molecule has 0 aliphatic carbocycles. The van der Waals surface area contributed by atoms with Gasteiger partial charge in [-0.15, -0.1) is 59.2 Å². The predicted molar refractivity (Wildman–Crippen MR) is 241 cm³/mol. The molecule has 1 radical (unpaired) electrons. The Bertz CT molecular complexity index is 2950. The van der Waals surface area contributed by atoms with Crippen LogP contribution >= 0.6 is 0 Å². The van der Waals surface area contributed by atoms with Crippen LogP contribution in [0.15, 0.2) is 201 Å². The van der Waals surface area contributed by atoms with Gasteiger partial charge in [-0.2, -0.15) is 0 Å². The molecule has 7 aromatic carbocycles. The van der Waals surface area contributed by atoms with Crippen LogP contribution in [-0.2, 0) is 20.1 Å². The van der Waals surface area contributed by atoms with Crippen LogP contribution in [0, 0.1) is 26.0 Å². The third kappa shape index (κ3) is 8.42. The van der Waals surface area contributed by atoms with Gasteiger partial charge in [-0.1, -0.05) is 138 Å². The average molecular weight is 934 g/mol. The molecule has 0 spiro atoms. The van der Waals surface area contributed by atoms with Crippen molar-refractivity contribution in [1.29, 1.82) is 0 Å². The Morgan fingerprint density at radius 2 is 1.07 bits per heavy atom. The first-order chi connectivity index (χ1) is 28.6. The first-order valence-corrected chi connectivity index (χ1v) is 19.5. The number of pyridine rings is 3. The van der Waals surface area contributed by atoms with E-state index in [1.807, 2.05) is 91.4 Å². The minimum atomic E-state index is 0. The van der Waals surface area contributed by atoms with E-state index in [0.29, 0.717) is 0 Å². The van der Waals surface area contributed by atoms with Gasteiger partial charge in [0.15, 0.2) is 0 Å². The topological polar surface area (TPSA) is 38.7 Å². The molecule has 0 atom stereocenters. The van der Waals surface area contributed by atoms with Gasteiger partial charge in [0.25, 0.3) is 0 Å². The fourth-order valence-corrected chi connectivity index (χ4v) is 7.63. The zero-order valence-corrected chi connectivity index (χ0v) is 35.1. The van der Waals surface area contributed by atoms with E-state index in [0.717, 1.165) is 33.6 Å². The average Bonchev–Trinajstić information content (AvgIpc) is 3.30. The number of hydrogen-bond donors (Lipinski definition) is 0. The summed E-state index contributed by atoms with van der Waals surface area (Å²) in [6.45, 7) is 4.31. The van der Waals surface area contributed by atoms with E-state index in [4.69, 9.17) is 4.98 Å². The minimum Gasteiger partial charge on any atom is -0.305 e. The molecule has 0 saturated heterocycles. The van der Waals surface area contributed by atoms with Crippen LogP contribution in [-0.4, -0.2) is 15.0 Å². The van der Waals surface area contributed by atoms with Gasteiger partial charge in [0, 0.05) is 44.1 Å². The van der Waals surface area contributed by atoms with Crippen LogP contribution in [0.25, 0.3) is 88.7 Å². The van der Waals surface area contributed by atoms with Crippen LogP contribution < -0.4 is 0 Å². The standard InChI is InChI=1S/C38H27N2.C17H12N.Ir/c1-25-13-16-32-33-11-8-18-40-38(33)24-35(36(32)19-25)31-21-29(27-9-4-3-5-10-27)20-30(22-31)34-23-28(15-14-26(34)2)37-12-6-7-17-39-37;1-2-8-14(9-3-1)15-10-4-5-11-16(15)17-12-6-7-13-18-17;/h3-14,16-24H,1-2H3;1-10,12-13H;/q2*-1;. The molecular formula is C55H39IrN3-2. The zero-order chi connectivity index (χ0) is 39.3. The van der Waals surface area contributed by atoms with Crippen molar-refractivity contribution in [3.8, 4) is 67.0 Å². The van der Waals surface area contributed by atoms with E-state index in [9.17, 15) is 0 Å². The Morgan fingerprint density at radius 3 is 1.80 bits per heavy atom. The molecular weight excluding hydrogens is 895 g/mol. The maximum atomic E-state index is 4.75. The van der Waals surface area contributed by atoms with Gasteiger partial charge in [0.05, 0.1) is 5.52 Å². The van der Waals surface area contributed by atoms with E-state index >= 15 is 0 Å². The molecule has 0 aliphatic heterocycles. The molecule has 3 nitrogen and oxygen atoms in total. The van der Waals surface area contributed by atoms with Crippen molar-refractivity contribution in [2.75, 3.05) is 0 Å². The largest absolute Gasteiger partial charge is 0.305 e. The van der Waals surface area contributed by atoms with E-state index < -0.39 is 0 Å². The first kappa shape index (κ1) is 39.0. The van der Waals surface area contributed by atoms with Crippen molar-refractivity contribution in [1.82, 2.24) is 15.0 Å². The van der Waals surface area contributed by atoms with Crippen molar-refractivity contribution in [3.63, 3.8) is 0 Å². The summed E-state index contributed by atoms with van der Waals surface area (Å²) in [5, 5.41) is 3.64. The smallest absolute Gasteiger partial charge is 0.0714 e. The van der Waals surface area contributed by atoms with E-state index in [-0.39, 0.29) is 20.1 Å². The number of aromatic nitrogens is 3. The summed E-state index contributed by atoms with van der Waals surface area (Å²) in [6, 6.07) is 70.0. The Morgan fingerprint density at radius 1 is 0.407 bits per heavy atom. The zero-order valence-electron chi connectivity index (χ0n) is 32.7. The van der Waals surface area contributed by atoms with Crippen LogP contribution in [0.3, 0.4) is 0 Å². The first-order valence-electron chi connectivity index (χ1n) is 19.5. The van der Waals surface area contributed by atoms with Crippen molar-refractivity contribution in [3.05, 3.63) is 224 Å². The SMILES string of the molecule is Cc1ccc2c(c1)c(-c1cc(-c3ccccc3)cc(-c3cc(-c4ccccn4)[c-]cc3C)c1)cc1ncccc12.[Ir].[c-]1cccc(-c2ccccc2)c1-c1ccccn1. The second-order valence-electron chi connectivity index (χ2n) is 14.4. The molecule has 0 saturated carbocycles. The summed E-state index contributed by atoms with van der Waals surface area (Å²) >= 11 is 0. The number of fused-ring (bicyclic) bond motifs is 3. The second kappa shape index (κ2) is 17.7. The maximum absolute atomic E-state index is 4.75. The Balaban J connectivity index is 0.000000213. The van der Waals surface area contributed by atoms with E-state index in [1.54, 1.807) is 0 Å². The fraction of sp³-hybridized carbons (Fsp3) is 0.0364. The summed E-state index contributed by atoms with van der Waals surface area (Å²) in [4.78, 5) is 13.7. The van der Waals surface area contributed by atoms with Crippen LogP contribution in [0.2, 0.25) is 0 Å². The Kier molecular flexibility index (Phi) is 11.7. The molecule has 0 aliphatic rings. The van der Waals surface area contributed by atoms with Gasteiger partial charge in [0.1, 0.15) is 0 Å². The number of aryl methyl sites for hydroxylation is 2. The normalized spacial score (nSPS) is 10.7. The van der Waals surface area contributed by atoms with Gasteiger partial charge < -0.3 is 9.97 Å². The van der Waals surface area contributed by atoms with Crippen LogP contribution in [0.1, 0.15) is 11.1 Å². The molecule has 4 heteroatoms. The second-order valence-corrected chi connectivity index (χ2v) is 14.4. The minimum absolute atomic E-state index is 0. The third-order valence-corrected chi connectivity index (χ3v) is 10.5. The van der Waals surface area contributed by atoms with Crippen molar-refractivity contribution in [2.45, 2.75) is 13.8 Å². The molecule has 3 aromatic heterocycles. The summed E-state index contributed by atoms with van der Waals surface area (Å²) in [7, 11) is 0. The molecule has 10 aromatic rings. The van der Waals surface area contributed by atoms with Gasteiger partial charge >= 0.3 is 0 Å². The molecule has 10 rings (SSSR count). The summed E-state index contributed by atoms with van der Waals surface area (Å²) in [5.74, 6) is 0. The molecule has 0 fully saturated rings. The molecule has 0 unspecified atom stereocenters. The van der Waals surface area contributed by atoms with Gasteiger partial charge in [-0.3, -0.25) is 4.98 Å². The molecule has 3 heterocycles. The molecule has 59 heavy (non-hydrogen) atoms. The van der Waals surface area contributed by atoms with Crippen LogP contribution in [0.4, 0.5) is 0 Å². The monoisotopic (exact) mass is 934 g/mol. The Hall–Kier alpha value is -6.84. The number of nitrogens with zero attached hydrogens (tertiary/aromatic N) is 3. The van der Waals surface area contributed by atoms with Crippen molar-refractivity contribution >= 4 is 21.7 Å². The number of hydrogen-bond acceptors (Lipinski definition) is 3. The van der Waals surface area contributed by atoms with Gasteiger partial charge in [0.2, 0.25) is 0 Å². The predicted octanol–water partition coefficient (Wildman–Crippen LogP) is 14.1. The Labute approximate surface area is 359 Å². The van der Waals surface area contributed by atoms with Crippen LogP contribution in [0.5, 0.6) is 0 Å². The number of benzene rings is 7. The quantitative estimate of drug-likeness (QED) is 0.123. The summed E-state index contributed by atoms with van der Waals surface area (Å²) < 4.78 is 0. The number of rotatable bonds is 6. The molecule has 285 valence electrons.